The molecule has 0 spiro atoms. The molecule has 2 N–H and O–H groups in total. The Morgan fingerprint density at radius 1 is 1.22 bits per heavy atom. The van der Waals surface area contributed by atoms with Crippen LogP contribution in [0.3, 0.4) is 0 Å². The number of hydrogen-bond donors (Lipinski definition) is 2. The molecule has 1 aromatic carbocycles. The van der Waals surface area contributed by atoms with Crippen LogP contribution in [0.5, 0.6) is 17.2 Å². The van der Waals surface area contributed by atoms with Gasteiger partial charge in [-0.3, -0.25) is 4.79 Å². The Morgan fingerprint density at radius 3 is 2.56 bits per heavy atom. The standard InChI is InChI=1S/C19H26N2O6/c1-25-14-7-6-12(15(26-2)16(14)27-3)9-20-18(24)21-10-13-5-4-8-19(13,11-21)17(22)23/h6-7,13H,4-5,8-11H2,1-3H3,(H,20,24)(H,22,23)/t13-,19+/m0/s1. The van der Waals surface area contributed by atoms with Crippen LogP contribution in [0.1, 0.15) is 24.8 Å². The Morgan fingerprint density at radius 2 is 1.96 bits per heavy atom. The maximum atomic E-state index is 12.6. The van der Waals surface area contributed by atoms with E-state index in [0.717, 1.165) is 18.4 Å². The predicted octanol–water partition coefficient (Wildman–Crippen LogP) is 2.11. The van der Waals surface area contributed by atoms with Crippen LogP contribution in [-0.2, 0) is 11.3 Å². The summed E-state index contributed by atoms with van der Waals surface area (Å²) < 4.78 is 16.0. The lowest BCUT2D eigenvalue weighted by molar-refractivity contribution is -0.149. The van der Waals surface area contributed by atoms with E-state index >= 15 is 0 Å². The van der Waals surface area contributed by atoms with Crippen molar-refractivity contribution in [2.75, 3.05) is 34.4 Å². The van der Waals surface area contributed by atoms with Crippen LogP contribution < -0.4 is 19.5 Å². The van der Waals surface area contributed by atoms with Crippen molar-refractivity contribution in [1.82, 2.24) is 10.2 Å². The largest absolute Gasteiger partial charge is 0.493 e. The maximum Gasteiger partial charge on any atom is 0.317 e. The van der Waals surface area contributed by atoms with E-state index in [4.69, 9.17) is 14.2 Å². The number of rotatable bonds is 6. The summed E-state index contributed by atoms with van der Waals surface area (Å²) in [5.41, 5.74) is -0.0333. The van der Waals surface area contributed by atoms with E-state index in [1.165, 1.54) is 14.2 Å². The molecule has 1 aliphatic heterocycles. The number of ether oxygens (including phenoxy) is 3. The zero-order chi connectivity index (χ0) is 19.6. The molecule has 2 fully saturated rings. The molecule has 1 saturated heterocycles. The van der Waals surface area contributed by atoms with Crippen LogP contribution in [0.15, 0.2) is 12.1 Å². The van der Waals surface area contributed by atoms with E-state index in [9.17, 15) is 14.7 Å². The molecule has 2 atom stereocenters. The molecule has 148 valence electrons. The normalized spacial score (nSPS) is 23.7. The van der Waals surface area contributed by atoms with E-state index in [0.29, 0.717) is 30.2 Å². The highest BCUT2D eigenvalue weighted by molar-refractivity contribution is 5.80. The van der Waals surface area contributed by atoms with Crippen molar-refractivity contribution in [3.05, 3.63) is 17.7 Å². The fourth-order valence-electron chi connectivity index (χ4n) is 4.38. The van der Waals surface area contributed by atoms with Gasteiger partial charge >= 0.3 is 12.0 Å². The minimum atomic E-state index is -0.790. The summed E-state index contributed by atoms with van der Waals surface area (Å²) in [5, 5.41) is 12.5. The molecule has 8 heteroatoms. The predicted molar refractivity (Wildman–Crippen MR) is 97.3 cm³/mol. The third-order valence-corrected chi connectivity index (χ3v) is 5.80. The molecule has 2 amide bonds. The molecule has 27 heavy (non-hydrogen) atoms. The van der Waals surface area contributed by atoms with E-state index < -0.39 is 11.4 Å². The van der Waals surface area contributed by atoms with Crippen LogP contribution in [0.2, 0.25) is 0 Å². The average molecular weight is 378 g/mol. The number of methoxy groups -OCH3 is 3. The number of urea groups is 1. The highest BCUT2D eigenvalue weighted by Crippen LogP contribution is 2.48. The number of fused-ring (bicyclic) bond motifs is 1. The topological polar surface area (TPSA) is 97.3 Å². The van der Waals surface area contributed by atoms with Gasteiger partial charge in [-0.2, -0.15) is 0 Å². The molecule has 0 bridgehead atoms. The van der Waals surface area contributed by atoms with E-state index in [2.05, 4.69) is 5.32 Å². The molecular formula is C19H26N2O6. The number of hydrogen-bond acceptors (Lipinski definition) is 5. The van der Waals surface area contributed by atoms with Crippen LogP contribution in [-0.4, -0.2) is 56.4 Å². The molecule has 8 nitrogen and oxygen atoms in total. The number of benzene rings is 1. The first-order valence-electron chi connectivity index (χ1n) is 9.01. The Kier molecular flexibility index (Phi) is 5.34. The number of nitrogens with one attached hydrogen (secondary N) is 1. The van der Waals surface area contributed by atoms with Crippen molar-refractivity contribution in [3.63, 3.8) is 0 Å². The molecule has 1 heterocycles. The van der Waals surface area contributed by atoms with Crippen molar-refractivity contribution in [1.29, 1.82) is 0 Å². The van der Waals surface area contributed by atoms with Crippen LogP contribution in [0.25, 0.3) is 0 Å². The van der Waals surface area contributed by atoms with Crippen molar-refractivity contribution >= 4 is 12.0 Å². The van der Waals surface area contributed by atoms with Crippen molar-refractivity contribution in [2.24, 2.45) is 11.3 Å². The Hall–Kier alpha value is -2.64. The molecule has 2 aliphatic rings. The minimum absolute atomic E-state index is 0.0383. The van der Waals surface area contributed by atoms with Crippen molar-refractivity contribution < 1.29 is 28.9 Å². The minimum Gasteiger partial charge on any atom is -0.493 e. The summed E-state index contributed by atoms with van der Waals surface area (Å²) in [4.78, 5) is 26.0. The molecule has 0 radical (unpaired) electrons. The fraction of sp³-hybridized carbons (Fsp3) is 0.579. The third-order valence-electron chi connectivity index (χ3n) is 5.80. The smallest absolute Gasteiger partial charge is 0.317 e. The summed E-state index contributed by atoms with van der Waals surface area (Å²) in [7, 11) is 4.60. The van der Waals surface area contributed by atoms with Crippen LogP contribution in [0.4, 0.5) is 4.79 Å². The fourth-order valence-corrected chi connectivity index (χ4v) is 4.38. The number of carboxylic acid groups (broad SMARTS) is 1. The summed E-state index contributed by atoms with van der Waals surface area (Å²) in [6, 6.07) is 3.29. The van der Waals surface area contributed by atoms with Gasteiger partial charge < -0.3 is 29.5 Å². The molecule has 3 rings (SSSR count). The third kappa shape index (κ3) is 3.24. The summed E-state index contributed by atoms with van der Waals surface area (Å²) in [6.45, 7) is 0.993. The summed E-state index contributed by atoms with van der Waals surface area (Å²) in [6.07, 6.45) is 2.41. The van der Waals surface area contributed by atoms with Crippen LogP contribution in [0, 0.1) is 11.3 Å². The van der Waals surface area contributed by atoms with Crippen LogP contribution >= 0.6 is 0 Å². The number of carbonyl (C=O) groups is 2. The number of amides is 2. The first-order valence-corrected chi connectivity index (χ1v) is 9.01. The molecule has 0 aromatic heterocycles. The second-order valence-corrected chi connectivity index (χ2v) is 7.08. The second kappa shape index (κ2) is 7.54. The quantitative estimate of drug-likeness (QED) is 0.787. The van der Waals surface area contributed by atoms with E-state index in [-0.39, 0.29) is 25.0 Å². The highest BCUT2D eigenvalue weighted by Gasteiger charge is 2.55. The van der Waals surface area contributed by atoms with Gasteiger partial charge in [0.15, 0.2) is 11.5 Å². The lowest BCUT2D eigenvalue weighted by atomic mass is 9.81. The van der Waals surface area contributed by atoms with Gasteiger partial charge in [-0.25, -0.2) is 4.79 Å². The number of nitrogens with zero attached hydrogens (tertiary/aromatic N) is 1. The second-order valence-electron chi connectivity index (χ2n) is 7.08. The first kappa shape index (κ1) is 19.1. The lowest BCUT2D eigenvalue weighted by Crippen LogP contribution is -2.41. The maximum absolute atomic E-state index is 12.6. The molecule has 1 saturated carbocycles. The first-order chi connectivity index (χ1) is 13.0. The average Bonchev–Trinajstić information content (AvgIpc) is 3.23. The number of aliphatic carboxylic acids is 1. The highest BCUT2D eigenvalue weighted by atomic mass is 16.5. The Balaban J connectivity index is 1.69. The Labute approximate surface area is 158 Å². The number of carboxylic acids is 1. The van der Waals surface area contributed by atoms with Gasteiger partial charge in [0.1, 0.15) is 0 Å². The van der Waals surface area contributed by atoms with Gasteiger partial charge in [0, 0.05) is 25.2 Å². The summed E-state index contributed by atoms with van der Waals surface area (Å²) >= 11 is 0. The van der Waals surface area contributed by atoms with E-state index in [1.54, 1.807) is 24.1 Å². The molecular weight excluding hydrogens is 352 g/mol. The van der Waals surface area contributed by atoms with Gasteiger partial charge in [0.2, 0.25) is 5.75 Å². The zero-order valence-corrected chi connectivity index (χ0v) is 15.9. The van der Waals surface area contributed by atoms with Gasteiger partial charge in [0.05, 0.1) is 26.7 Å². The Bertz CT molecular complexity index is 737. The zero-order valence-electron chi connectivity index (χ0n) is 15.9. The van der Waals surface area contributed by atoms with Gasteiger partial charge in [0.25, 0.3) is 0 Å². The molecule has 0 unspecified atom stereocenters. The lowest BCUT2D eigenvalue weighted by Gasteiger charge is -2.23. The number of carbonyl (C=O) groups excluding carboxylic acids is 1. The van der Waals surface area contributed by atoms with Gasteiger partial charge in [-0.05, 0) is 30.9 Å². The van der Waals surface area contributed by atoms with E-state index in [1.807, 2.05) is 0 Å². The molecule has 1 aromatic rings. The monoisotopic (exact) mass is 378 g/mol. The molecule has 1 aliphatic carbocycles. The number of likely N-dealkylation sites (tertiary alicyclic amines) is 1. The summed E-state index contributed by atoms with van der Waals surface area (Å²) in [5.74, 6) is 0.753. The SMILES string of the molecule is COc1ccc(CNC(=O)N2C[C@@H]3CCC[C@@]3(C(=O)O)C2)c(OC)c1OC. The van der Waals surface area contributed by atoms with Gasteiger partial charge in [-0.15, -0.1) is 0 Å². The van der Waals surface area contributed by atoms with Gasteiger partial charge in [-0.1, -0.05) is 6.42 Å². The van der Waals surface area contributed by atoms with Crippen molar-refractivity contribution in [2.45, 2.75) is 25.8 Å². The van der Waals surface area contributed by atoms with Crippen molar-refractivity contribution in [3.8, 4) is 17.2 Å².